The largest absolute Gasteiger partial charge is 0.445 e. The Morgan fingerprint density at radius 1 is 1.00 bits per heavy atom. The maximum atomic E-state index is 12.4. The first-order chi connectivity index (χ1) is 13.9. The van der Waals surface area contributed by atoms with Gasteiger partial charge in [0.25, 0.3) is 0 Å². The van der Waals surface area contributed by atoms with Gasteiger partial charge in [-0.15, -0.1) is 0 Å². The molecular formula is C20H22ClN3O5. The van der Waals surface area contributed by atoms with Gasteiger partial charge in [-0.2, -0.15) is 0 Å². The number of halogens is 1. The fourth-order valence-electron chi connectivity index (χ4n) is 2.48. The minimum Gasteiger partial charge on any atom is -0.445 e. The summed E-state index contributed by atoms with van der Waals surface area (Å²) >= 11 is 6.08. The van der Waals surface area contributed by atoms with Crippen LogP contribution in [-0.4, -0.2) is 41.7 Å². The second kappa shape index (κ2) is 11.0. The van der Waals surface area contributed by atoms with E-state index in [1.54, 1.807) is 48.5 Å². The van der Waals surface area contributed by atoms with Gasteiger partial charge in [0.1, 0.15) is 18.7 Å². The number of alkyl carbamates (subject to hydrolysis) is 1. The Hall–Kier alpha value is -3.10. The summed E-state index contributed by atoms with van der Waals surface area (Å²) in [7, 11) is 0. The summed E-state index contributed by atoms with van der Waals surface area (Å²) in [5.74, 6) is -1.55. The zero-order chi connectivity index (χ0) is 21.2. The standard InChI is InChI=1S/C20H22ClN3O5/c21-15-9-5-4-8-14(15)10-16(18(22)26)23-19(27)17(11-25)24-20(28)29-12-13-6-2-1-3-7-13/h1-9,16-17,25H,10-12H2,(H2,22,26)(H,23,27)(H,24,28)/t16-,17+/m1/s1. The van der Waals surface area contributed by atoms with Crippen molar-refractivity contribution in [1.29, 1.82) is 0 Å². The van der Waals surface area contributed by atoms with Crippen molar-refractivity contribution in [3.63, 3.8) is 0 Å². The lowest BCUT2D eigenvalue weighted by Crippen LogP contribution is -2.54. The van der Waals surface area contributed by atoms with Gasteiger partial charge in [0.2, 0.25) is 11.8 Å². The van der Waals surface area contributed by atoms with Crippen LogP contribution in [-0.2, 0) is 27.4 Å². The van der Waals surface area contributed by atoms with E-state index in [9.17, 15) is 19.5 Å². The zero-order valence-electron chi connectivity index (χ0n) is 15.5. The van der Waals surface area contributed by atoms with E-state index in [2.05, 4.69) is 10.6 Å². The first kappa shape index (κ1) is 22.2. The van der Waals surface area contributed by atoms with Crippen molar-refractivity contribution < 1.29 is 24.2 Å². The molecule has 0 saturated carbocycles. The molecule has 0 fully saturated rings. The number of carbonyl (C=O) groups excluding carboxylic acids is 3. The molecule has 29 heavy (non-hydrogen) atoms. The molecule has 0 radical (unpaired) electrons. The minimum atomic E-state index is -1.31. The Morgan fingerprint density at radius 2 is 1.66 bits per heavy atom. The molecule has 5 N–H and O–H groups in total. The number of nitrogens with one attached hydrogen (secondary N) is 2. The van der Waals surface area contributed by atoms with E-state index in [0.717, 1.165) is 5.56 Å². The van der Waals surface area contributed by atoms with Crippen LogP contribution in [0.5, 0.6) is 0 Å². The summed E-state index contributed by atoms with van der Waals surface area (Å²) in [6, 6.07) is 13.4. The molecule has 154 valence electrons. The first-order valence-electron chi connectivity index (χ1n) is 8.82. The highest BCUT2D eigenvalue weighted by Crippen LogP contribution is 2.16. The second-order valence-corrected chi connectivity index (χ2v) is 6.61. The Morgan fingerprint density at radius 3 is 2.28 bits per heavy atom. The molecule has 9 heteroatoms. The van der Waals surface area contributed by atoms with E-state index in [1.165, 1.54) is 0 Å². The Kier molecular flexibility index (Phi) is 8.45. The van der Waals surface area contributed by atoms with E-state index in [-0.39, 0.29) is 13.0 Å². The maximum Gasteiger partial charge on any atom is 0.408 e. The van der Waals surface area contributed by atoms with Crippen LogP contribution >= 0.6 is 11.6 Å². The lowest BCUT2D eigenvalue weighted by molar-refractivity contribution is -0.129. The molecule has 3 amide bonds. The summed E-state index contributed by atoms with van der Waals surface area (Å²) in [5.41, 5.74) is 6.75. The van der Waals surface area contributed by atoms with Gasteiger partial charge in [-0.1, -0.05) is 60.1 Å². The first-order valence-corrected chi connectivity index (χ1v) is 9.19. The molecule has 2 rings (SSSR count). The van der Waals surface area contributed by atoms with Crippen molar-refractivity contribution in [1.82, 2.24) is 10.6 Å². The molecule has 0 spiro atoms. The summed E-state index contributed by atoms with van der Waals surface area (Å²) < 4.78 is 5.02. The van der Waals surface area contributed by atoms with Crippen LogP contribution in [0.3, 0.4) is 0 Å². The molecule has 0 aliphatic rings. The fraction of sp³-hybridized carbons (Fsp3) is 0.250. The van der Waals surface area contributed by atoms with Gasteiger partial charge in [0.15, 0.2) is 0 Å². The number of aliphatic hydroxyl groups excluding tert-OH is 1. The van der Waals surface area contributed by atoms with Crippen LogP contribution < -0.4 is 16.4 Å². The molecule has 0 unspecified atom stereocenters. The number of nitrogens with two attached hydrogens (primary N) is 1. The quantitative estimate of drug-likeness (QED) is 0.484. The topological polar surface area (TPSA) is 131 Å². The number of carbonyl (C=O) groups is 3. The molecular weight excluding hydrogens is 398 g/mol. The molecule has 0 aliphatic carbocycles. The minimum absolute atomic E-state index is 0.00284. The summed E-state index contributed by atoms with van der Waals surface area (Å²) in [6.45, 7) is -0.688. The van der Waals surface area contributed by atoms with Crippen LogP contribution in [0.25, 0.3) is 0 Å². The summed E-state index contributed by atoms with van der Waals surface area (Å²) in [5, 5.41) is 14.5. The second-order valence-electron chi connectivity index (χ2n) is 6.20. The monoisotopic (exact) mass is 419 g/mol. The third kappa shape index (κ3) is 7.10. The van der Waals surface area contributed by atoms with Crippen molar-refractivity contribution in [3.8, 4) is 0 Å². The number of hydrogen-bond donors (Lipinski definition) is 4. The third-order valence-electron chi connectivity index (χ3n) is 4.05. The molecule has 2 aromatic rings. The van der Waals surface area contributed by atoms with Gasteiger partial charge in [-0.25, -0.2) is 4.79 Å². The Bertz CT molecular complexity index is 847. The lowest BCUT2D eigenvalue weighted by Gasteiger charge is -2.21. The number of primary amides is 1. The molecule has 0 bridgehead atoms. The number of aliphatic hydroxyl groups is 1. The molecule has 8 nitrogen and oxygen atoms in total. The number of amides is 3. The highest BCUT2D eigenvalue weighted by atomic mass is 35.5. The Balaban J connectivity index is 1.93. The SMILES string of the molecule is NC(=O)[C@@H](Cc1ccccc1Cl)NC(=O)[C@H](CO)NC(=O)OCc1ccccc1. The smallest absolute Gasteiger partial charge is 0.408 e. The van der Waals surface area contributed by atoms with Gasteiger partial charge in [0, 0.05) is 11.4 Å². The summed E-state index contributed by atoms with van der Waals surface area (Å²) in [4.78, 5) is 36.0. The highest BCUT2D eigenvalue weighted by molar-refractivity contribution is 6.31. The molecule has 0 saturated heterocycles. The van der Waals surface area contributed by atoms with Gasteiger partial charge in [-0.3, -0.25) is 9.59 Å². The van der Waals surface area contributed by atoms with E-state index in [0.29, 0.717) is 10.6 Å². The number of ether oxygens (including phenoxy) is 1. The van der Waals surface area contributed by atoms with Crippen molar-refractivity contribution in [2.45, 2.75) is 25.1 Å². The van der Waals surface area contributed by atoms with Crippen LogP contribution in [0.2, 0.25) is 5.02 Å². The predicted molar refractivity (Wildman–Crippen MR) is 107 cm³/mol. The van der Waals surface area contributed by atoms with Gasteiger partial charge >= 0.3 is 6.09 Å². The van der Waals surface area contributed by atoms with Crippen molar-refractivity contribution in [2.75, 3.05) is 6.61 Å². The normalized spacial score (nSPS) is 12.5. The average molecular weight is 420 g/mol. The molecule has 2 atom stereocenters. The highest BCUT2D eigenvalue weighted by Gasteiger charge is 2.26. The van der Waals surface area contributed by atoms with Crippen LogP contribution in [0.4, 0.5) is 4.79 Å². The number of hydrogen-bond acceptors (Lipinski definition) is 5. The number of benzene rings is 2. The predicted octanol–water partition coefficient (Wildman–Crippen LogP) is 1.14. The van der Waals surface area contributed by atoms with Crippen molar-refractivity contribution in [2.24, 2.45) is 5.73 Å². The van der Waals surface area contributed by atoms with Crippen LogP contribution in [0, 0.1) is 0 Å². The van der Waals surface area contributed by atoms with E-state index in [1.807, 2.05) is 6.07 Å². The third-order valence-corrected chi connectivity index (χ3v) is 4.41. The fourth-order valence-corrected chi connectivity index (χ4v) is 2.69. The van der Waals surface area contributed by atoms with Gasteiger partial charge < -0.3 is 26.2 Å². The Labute approximate surface area is 173 Å². The van der Waals surface area contributed by atoms with E-state index < -0.39 is 36.6 Å². The average Bonchev–Trinajstić information content (AvgIpc) is 2.72. The zero-order valence-corrected chi connectivity index (χ0v) is 16.3. The number of rotatable bonds is 9. The van der Waals surface area contributed by atoms with Crippen molar-refractivity contribution in [3.05, 3.63) is 70.7 Å². The van der Waals surface area contributed by atoms with Crippen LogP contribution in [0.1, 0.15) is 11.1 Å². The molecule has 0 aliphatic heterocycles. The lowest BCUT2D eigenvalue weighted by atomic mass is 10.0. The van der Waals surface area contributed by atoms with Gasteiger partial charge in [-0.05, 0) is 17.2 Å². The molecule has 2 aromatic carbocycles. The van der Waals surface area contributed by atoms with Gasteiger partial charge in [0.05, 0.1) is 6.61 Å². The molecule has 0 aromatic heterocycles. The molecule has 0 heterocycles. The maximum absolute atomic E-state index is 12.4. The summed E-state index contributed by atoms with van der Waals surface area (Å²) in [6.07, 6.45) is -0.818. The van der Waals surface area contributed by atoms with Crippen molar-refractivity contribution >= 4 is 29.5 Å². The van der Waals surface area contributed by atoms with E-state index >= 15 is 0 Å². The van der Waals surface area contributed by atoms with E-state index in [4.69, 9.17) is 22.1 Å². The van der Waals surface area contributed by atoms with Crippen LogP contribution in [0.15, 0.2) is 54.6 Å².